The molecule has 0 aromatic heterocycles. The van der Waals surface area contributed by atoms with Crippen LogP contribution in [-0.4, -0.2) is 32.0 Å². The lowest BCUT2D eigenvalue weighted by molar-refractivity contribution is -0.0968. The van der Waals surface area contributed by atoms with Crippen molar-refractivity contribution in [1.29, 1.82) is 0 Å². The van der Waals surface area contributed by atoms with Crippen LogP contribution in [0.15, 0.2) is 12.2 Å². The van der Waals surface area contributed by atoms with Crippen molar-refractivity contribution < 1.29 is 9.47 Å². The molecule has 3 N–H and O–H groups in total. The van der Waals surface area contributed by atoms with Crippen LogP contribution in [0.1, 0.15) is 6.92 Å². The smallest absolute Gasteiger partial charge is 0.101 e. The van der Waals surface area contributed by atoms with Crippen LogP contribution in [-0.2, 0) is 9.47 Å². The first-order chi connectivity index (χ1) is 5.75. The zero-order valence-corrected chi connectivity index (χ0v) is 7.38. The highest BCUT2D eigenvalue weighted by molar-refractivity contribution is 5.04. The van der Waals surface area contributed by atoms with E-state index >= 15 is 0 Å². The van der Waals surface area contributed by atoms with Gasteiger partial charge in [0.2, 0.25) is 0 Å². The summed E-state index contributed by atoms with van der Waals surface area (Å²) in [4.78, 5) is 0. The van der Waals surface area contributed by atoms with Gasteiger partial charge >= 0.3 is 0 Å². The molecule has 1 fully saturated rings. The Morgan fingerprint density at radius 2 is 2.42 bits per heavy atom. The van der Waals surface area contributed by atoms with Gasteiger partial charge in [0.1, 0.15) is 6.10 Å². The van der Waals surface area contributed by atoms with Crippen LogP contribution in [0.4, 0.5) is 0 Å². The summed E-state index contributed by atoms with van der Waals surface area (Å²) in [6, 6.07) is -0.00898. The zero-order chi connectivity index (χ0) is 8.97. The molecule has 4 heteroatoms. The molecule has 1 saturated heterocycles. The molecule has 1 aliphatic rings. The Kier molecular flexibility index (Phi) is 3.68. The van der Waals surface area contributed by atoms with Crippen LogP contribution < -0.4 is 11.3 Å². The molecule has 0 aromatic rings. The maximum absolute atomic E-state index is 5.46. The lowest BCUT2D eigenvalue weighted by atomic mass is 10.1. The van der Waals surface area contributed by atoms with Crippen LogP contribution in [0, 0.1) is 0 Å². The van der Waals surface area contributed by atoms with Crippen molar-refractivity contribution in [2.45, 2.75) is 19.1 Å². The van der Waals surface area contributed by atoms with Gasteiger partial charge in [-0.05, 0) is 6.92 Å². The third-order valence-electron chi connectivity index (χ3n) is 1.92. The average molecular weight is 172 g/mol. The lowest BCUT2D eigenvalue weighted by Gasteiger charge is -2.30. The first kappa shape index (κ1) is 9.67. The van der Waals surface area contributed by atoms with Gasteiger partial charge in [0.25, 0.3) is 0 Å². The molecule has 0 aliphatic carbocycles. The Balaban J connectivity index is 2.46. The SMILES string of the molecule is C=C(C)C(NN)C1COCCO1. The Hall–Kier alpha value is -0.420. The standard InChI is InChI=1S/C8H16N2O2/c1-6(2)8(10-9)7-5-11-3-4-12-7/h7-8,10H,1,3-5,9H2,2H3. The van der Waals surface area contributed by atoms with Gasteiger partial charge in [-0.15, -0.1) is 0 Å². The van der Waals surface area contributed by atoms with Crippen molar-refractivity contribution in [3.8, 4) is 0 Å². The number of hydrogen-bond donors (Lipinski definition) is 2. The second kappa shape index (κ2) is 4.57. The van der Waals surface area contributed by atoms with Gasteiger partial charge in [-0.1, -0.05) is 12.2 Å². The van der Waals surface area contributed by atoms with E-state index in [-0.39, 0.29) is 12.1 Å². The van der Waals surface area contributed by atoms with Gasteiger partial charge in [-0.25, -0.2) is 0 Å². The predicted molar refractivity (Wildman–Crippen MR) is 46.5 cm³/mol. The van der Waals surface area contributed by atoms with E-state index in [2.05, 4.69) is 12.0 Å². The maximum atomic E-state index is 5.46. The third kappa shape index (κ3) is 2.28. The number of ether oxygens (including phenoxy) is 2. The lowest BCUT2D eigenvalue weighted by Crippen LogP contribution is -2.49. The molecule has 0 aromatic carbocycles. The molecule has 2 unspecified atom stereocenters. The van der Waals surface area contributed by atoms with Gasteiger partial charge in [0.05, 0.1) is 25.9 Å². The normalized spacial score (nSPS) is 26.7. The average Bonchev–Trinajstić information content (AvgIpc) is 2.07. The molecule has 1 heterocycles. The van der Waals surface area contributed by atoms with Crippen molar-refractivity contribution in [2.75, 3.05) is 19.8 Å². The van der Waals surface area contributed by atoms with Gasteiger partial charge in [-0.2, -0.15) is 0 Å². The van der Waals surface area contributed by atoms with Crippen LogP contribution in [0.5, 0.6) is 0 Å². The fourth-order valence-corrected chi connectivity index (χ4v) is 1.27. The van der Waals surface area contributed by atoms with E-state index < -0.39 is 0 Å². The third-order valence-corrected chi connectivity index (χ3v) is 1.92. The Labute approximate surface area is 72.7 Å². The summed E-state index contributed by atoms with van der Waals surface area (Å²) < 4.78 is 10.7. The number of hydrogen-bond acceptors (Lipinski definition) is 4. The first-order valence-electron chi connectivity index (χ1n) is 4.06. The number of nitrogens with one attached hydrogen (secondary N) is 1. The van der Waals surface area contributed by atoms with E-state index in [9.17, 15) is 0 Å². The molecule has 0 saturated carbocycles. The zero-order valence-electron chi connectivity index (χ0n) is 7.38. The minimum absolute atomic E-state index is 0.00116. The molecular formula is C8H16N2O2. The minimum Gasteiger partial charge on any atom is -0.376 e. The highest BCUT2D eigenvalue weighted by atomic mass is 16.6. The Morgan fingerprint density at radius 1 is 1.67 bits per heavy atom. The van der Waals surface area contributed by atoms with Gasteiger partial charge in [0, 0.05) is 0 Å². The second-order valence-electron chi connectivity index (χ2n) is 2.97. The van der Waals surface area contributed by atoms with Crippen LogP contribution in [0.3, 0.4) is 0 Å². The molecule has 0 radical (unpaired) electrons. The summed E-state index contributed by atoms with van der Waals surface area (Å²) in [6.07, 6.45) is 0.00116. The van der Waals surface area contributed by atoms with Gasteiger partial charge in [0.15, 0.2) is 0 Å². The van der Waals surface area contributed by atoms with Crippen molar-refractivity contribution >= 4 is 0 Å². The van der Waals surface area contributed by atoms with E-state index in [1.54, 1.807) is 0 Å². The van der Waals surface area contributed by atoms with Crippen LogP contribution in [0.25, 0.3) is 0 Å². The fraction of sp³-hybridized carbons (Fsp3) is 0.750. The second-order valence-corrected chi connectivity index (χ2v) is 2.97. The van der Waals surface area contributed by atoms with Crippen LogP contribution in [0.2, 0.25) is 0 Å². The molecule has 0 spiro atoms. The summed E-state index contributed by atoms with van der Waals surface area (Å²) in [5.74, 6) is 5.36. The summed E-state index contributed by atoms with van der Waals surface area (Å²) in [5.41, 5.74) is 3.63. The molecule has 12 heavy (non-hydrogen) atoms. The highest BCUT2D eigenvalue weighted by Gasteiger charge is 2.24. The number of nitrogens with two attached hydrogens (primary N) is 1. The summed E-state index contributed by atoms with van der Waals surface area (Å²) in [5, 5.41) is 0. The molecular weight excluding hydrogens is 156 g/mol. The van der Waals surface area contributed by atoms with E-state index in [0.29, 0.717) is 19.8 Å². The van der Waals surface area contributed by atoms with Gasteiger partial charge in [-0.3, -0.25) is 11.3 Å². The molecule has 4 nitrogen and oxygen atoms in total. The monoisotopic (exact) mass is 172 g/mol. The number of hydrazine groups is 1. The molecule has 0 amide bonds. The quantitative estimate of drug-likeness (QED) is 0.352. The fourth-order valence-electron chi connectivity index (χ4n) is 1.27. The molecule has 1 rings (SSSR count). The molecule has 70 valence electrons. The Morgan fingerprint density at radius 3 is 2.83 bits per heavy atom. The number of rotatable bonds is 3. The van der Waals surface area contributed by atoms with Crippen molar-refractivity contribution in [1.82, 2.24) is 5.43 Å². The maximum Gasteiger partial charge on any atom is 0.101 e. The molecule has 2 atom stereocenters. The van der Waals surface area contributed by atoms with E-state index in [4.69, 9.17) is 15.3 Å². The topological polar surface area (TPSA) is 56.5 Å². The summed E-state index contributed by atoms with van der Waals surface area (Å²) in [7, 11) is 0. The van der Waals surface area contributed by atoms with E-state index in [1.807, 2.05) is 6.92 Å². The summed E-state index contributed by atoms with van der Waals surface area (Å²) in [6.45, 7) is 7.63. The minimum atomic E-state index is -0.00898. The van der Waals surface area contributed by atoms with Crippen molar-refractivity contribution in [3.05, 3.63) is 12.2 Å². The Bertz CT molecular complexity index is 155. The van der Waals surface area contributed by atoms with Gasteiger partial charge < -0.3 is 9.47 Å². The van der Waals surface area contributed by atoms with E-state index in [0.717, 1.165) is 5.57 Å². The highest BCUT2D eigenvalue weighted by Crippen LogP contribution is 2.10. The first-order valence-corrected chi connectivity index (χ1v) is 4.06. The van der Waals surface area contributed by atoms with Crippen LogP contribution >= 0.6 is 0 Å². The largest absolute Gasteiger partial charge is 0.376 e. The summed E-state index contributed by atoms with van der Waals surface area (Å²) >= 11 is 0. The molecule has 0 bridgehead atoms. The van der Waals surface area contributed by atoms with Crippen molar-refractivity contribution in [3.63, 3.8) is 0 Å². The predicted octanol–water partition coefficient (Wildman–Crippen LogP) is -0.190. The van der Waals surface area contributed by atoms with Crippen molar-refractivity contribution in [2.24, 2.45) is 5.84 Å². The molecule has 1 aliphatic heterocycles. The van der Waals surface area contributed by atoms with E-state index in [1.165, 1.54) is 0 Å².